The second-order valence-corrected chi connectivity index (χ2v) is 9.84. The van der Waals surface area contributed by atoms with Crippen molar-refractivity contribution < 1.29 is 33.6 Å². The summed E-state index contributed by atoms with van der Waals surface area (Å²) >= 11 is 0. The molecule has 0 amide bonds. The van der Waals surface area contributed by atoms with Gasteiger partial charge in [-0.3, -0.25) is 4.84 Å². The third-order valence-electron chi connectivity index (χ3n) is 7.04. The van der Waals surface area contributed by atoms with Gasteiger partial charge in [-0.05, 0) is 36.1 Å². The summed E-state index contributed by atoms with van der Waals surface area (Å²) < 4.78 is 30.8. The third-order valence-corrected chi connectivity index (χ3v) is 7.04. The lowest BCUT2D eigenvalue weighted by atomic mass is 9.69. The van der Waals surface area contributed by atoms with Crippen molar-refractivity contribution in [1.82, 2.24) is 5.48 Å². The molecule has 35 heavy (non-hydrogen) atoms. The average molecular weight is 482 g/mol. The highest BCUT2D eigenvalue weighted by Crippen LogP contribution is 2.54. The molecule has 3 aliphatic heterocycles. The van der Waals surface area contributed by atoms with Gasteiger partial charge in [-0.2, -0.15) is 5.48 Å². The summed E-state index contributed by atoms with van der Waals surface area (Å²) in [6.45, 7) is 5.03. The minimum absolute atomic E-state index is 0.320. The lowest BCUT2D eigenvalue weighted by Gasteiger charge is -2.47. The predicted molar refractivity (Wildman–Crippen MR) is 125 cm³/mol. The molecule has 5 atom stereocenters. The number of hydrogen-bond donors (Lipinski definition) is 2. The second kappa shape index (κ2) is 9.06. The van der Waals surface area contributed by atoms with Crippen LogP contribution in [0, 0.1) is 0 Å². The summed E-state index contributed by atoms with van der Waals surface area (Å²) in [5, 5.41) is 11.4. The molecule has 2 N–H and O–H groups in total. The first-order valence-corrected chi connectivity index (χ1v) is 12.1. The maximum Gasteiger partial charge on any atom is 0.190 e. The maximum absolute atomic E-state index is 11.4. The Kier molecular flexibility index (Phi) is 6.03. The van der Waals surface area contributed by atoms with Gasteiger partial charge < -0.3 is 28.8 Å². The number of fused-ring (bicyclic) bond motifs is 3. The first kappa shape index (κ1) is 23.3. The van der Waals surface area contributed by atoms with Gasteiger partial charge in [0.1, 0.15) is 17.7 Å². The van der Waals surface area contributed by atoms with Crippen molar-refractivity contribution in [3.05, 3.63) is 77.4 Å². The molecular formula is C27H31NO7. The van der Waals surface area contributed by atoms with Crippen molar-refractivity contribution in [3.8, 4) is 0 Å². The molecule has 8 nitrogen and oxygen atoms in total. The van der Waals surface area contributed by atoms with Crippen LogP contribution in [0.2, 0.25) is 0 Å². The number of nitrogens with one attached hydrogen (secondary N) is 1. The standard InChI is InChI=1S/C27H31NO7/c1-26(2)34-23-25(35-26)33-22-20(29)15-19(24-30-13-14-31-24)21(18-11-7-4-8-12-18)27(22,23)28-32-16-17-9-5-3-6-10-17/h3-12,20,22-25,28-29H,13-16H2,1-2H3/t20-,22-,23+,25-,27-/m1/s1. The largest absolute Gasteiger partial charge is 0.390 e. The highest BCUT2D eigenvalue weighted by molar-refractivity contribution is 5.80. The van der Waals surface area contributed by atoms with E-state index in [2.05, 4.69) is 5.48 Å². The molecule has 3 heterocycles. The van der Waals surface area contributed by atoms with Gasteiger partial charge in [0.2, 0.25) is 0 Å². The summed E-state index contributed by atoms with van der Waals surface area (Å²) in [5.41, 5.74) is 5.96. The van der Waals surface area contributed by atoms with Gasteiger partial charge in [-0.1, -0.05) is 60.7 Å². The van der Waals surface area contributed by atoms with E-state index in [1.165, 1.54) is 0 Å². The Labute approximate surface area is 204 Å². The van der Waals surface area contributed by atoms with Gasteiger partial charge in [0.05, 0.1) is 25.9 Å². The number of aliphatic hydroxyl groups excluding tert-OH is 1. The molecule has 0 unspecified atom stereocenters. The van der Waals surface area contributed by atoms with Crippen LogP contribution in [0.4, 0.5) is 0 Å². The first-order valence-electron chi connectivity index (χ1n) is 12.1. The van der Waals surface area contributed by atoms with Gasteiger partial charge >= 0.3 is 0 Å². The third kappa shape index (κ3) is 4.04. The number of rotatable bonds is 6. The molecule has 0 radical (unpaired) electrons. The molecule has 8 heteroatoms. The molecule has 3 fully saturated rings. The van der Waals surface area contributed by atoms with Crippen LogP contribution in [0.1, 0.15) is 31.4 Å². The monoisotopic (exact) mass is 481 g/mol. The smallest absolute Gasteiger partial charge is 0.190 e. The summed E-state index contributed by atoms with van der Waals surface area (Å²) in [6.07, 6.45) is -3.02. The predicted octanol–water partition coefficient (Wildman–Crippen LogP) is 2.91. The van der Waals surface area contributed by atoms with Crippen LogP contribution >= 0.6 is 0 Å². The normalized spacial score (nSPS) is 34.3. The van der Waals surface area contributed by atoms with Crippen molar-refractivity contribution in [2.75, 3.05) is 13.2 Å². The molecule has 2 aromatic rings. The lowest BCUT2D eigenvalue weighted by molar-refractivity contribution is -0.229. The summed E-state index contributed by atoms with van der Waals surface area (Å²) in [6, 6.07) is 19.9. The number of aliphatic hydroxyl groups is 1. The van der Waals surface area contributed by atoms with Crippen molar-refractivity contribution >= 4 is 5.57 Å². The van der Waals surface area contributed by atoms with Crippen LogP contribution in [-0.4, -0.2) is 60.5 Å². The van der Waals surface area contributed by atoms with Crippen LogP contribution in [0.3, 0.4) is 0 Å². The van der Waals surface area contributed by atoms with Crippen molar-refractivity contribution in [2.24, 2.45) is 0 Å². The number of ether oxygens (including phenoxy) is 5. The van der Waals surface area contributed by atoms with E-state index in [0.717, 1.165) is 22.3 Å². The molecule has 0 saturated carbocycles. The van der Waals surface area contributed by atoms with Gasteiger partial charge in [-0.15, -0.1) is 0 Å². The summed E-state index contributed by atoms with van der Waals surface area (Å²) in [5.74, 6) is -0.862. The van der Waals surface area contributed by atoms with E-state index < -0.39 is 42.2 Å². The molecule has 4 aliphatic rings. The first-order chi connectivity index (χ1) is 17.0. The van der Waals surface area contributed by atoms with E-state index >= 15 is 0 Å². The van der Waals surface area contributed by atoms with Gasteiger partial charge in [0, 0.05) is 6.42 Å². The average Bonchev–Trinajstić information content (AvgIpc) is 3.56. The Morgan fingerprint density at radius 2 is 1.63 bits per heavy atom. The summed E-state index contributed by atoms with van der Waals surface area (Å²) in [4.78, 5) is 6.16. The minimum Gasteiger partial charge on any atom is -0.390 e. The molecule has 6 rings (SSSR count). The fourth-order valence-corrected chi connectivity index (χ4v) is 5.71. The van der Waals surface area contributed by atoms with E-state index in [9.17, 15) is 5.11 Å². The van der Waals surface area contributed by atoms with Crippen LogP contribution in [0.5, 0.6) is 0 Å². The molecule has 0 aromatic heterocycles. The lowest BCUT2D eigenvalue weighted by Crippen LogP contribution is -2.65. The maximum atomic E-state index is 11.4. The van der Waals surface area contributed by atoms with E-state index in [1.807, 2.05) is 74.5 Å². The highest BCUT2D eigenvalue weighted by atomic mass is 16.8. The number of benzene rings is 2. The second-order valence-electron chi connectivity index (χ2n) is 9.84. The Morgan fingerprint density at radius 3 is 2.34 bits per heavy atom. The van der Waals surface area contributed by atoms with Gasteiger partial charge in [0.15, 0.2) is 18.4 Å². The number of hydrogen-bond acceptors (Lipinski definition) is 8. The Bertz CT molecular complexity index is 1070. The SMILES string of the molecule is CC1(C)O[C@H]2O[C@@H]3[C@H](O)CC(C4OCCO4)=C(c4ccccc4)[C@]3(NOCc3ccccc3)[C@H]2O1. The molecule has 0 spiro atoms. The van der Waals surface area contributed by atoms with E-state index in [4.69, 9.17) is 28.5 Å². The minimum atomic E-state index is -1.07. The fourth-order valence-electron chi connectivity index (χ4n) is 5.71. The Hall–Kier alpha value is -2.14. The van der Waals surface area contributed by atoms with Crippen molar-refractivity contribution in [1.29, 1.82) is 0 Å². The van der Waals surface area contributed by atoms with Crippen molar-refractivity contribution in [3.63, 3.8) is 0 Å². The molecular weight excluding hydrogens is 450 g/mol. The van der Waals surface area contributed by atoms with Crippen LogP contribution in [0.25, 0.3) is 5.57 Å². The van der Waals surface area contributed by atoms with E-state index in [-0.39, 0.29) is 0 Å². The zero-order valence-electron chi connectivity index (χ0n) is 19.9. The molecule has 3 saturated heterocycles. The molecule has 186 valence electrons. The summed E-state index contributed by atoms with van der Waals surface area (Å²) in [7, 11) is 0. The highest BCUT2D eigenvalue weighted by Gasteiger charge is 2.69. The quantitative estimate of drug-likeness (QED) is 0.609. The molecule has 1 aliphatic carbocycles. The topological polar surface area (TPSA) is 87.6 Å². The van der Waals surface area contributed by atoms with E-state index in [0.29, 0.717) is 26.2 Å². The van der Waals surface area contributed by atoms with Gasteiger partial charge in [-0.25, -0.2) is 0 Å². The van der Waals surface area contributed by atoms with Crippen LogP contribution in [-0.2, 0) is 35.1 Å². The zero-order valence-corrected chi connectivity index (χ0v) is 19.9. The number of hydroxylamine groups is 1. The molecule has 0 bridgehead atoms. The Morgan fingerprint density at radius 1 is 0.943 bits per heavy atom. The van der Waals surface area contributed by atoms with Crippen LogP contribution in [0.15, 0.2) is 66.2 Å². The zero-order chi connectivity index (χ0) is 24.0. The van der Waals surface area contributed by atoms with Crippen molar-refractivity contribution in [2.45, 2.75) is 69.1 Å². The fraction of sp³-hybridized carbons (Fsp3) is 0.481. The van der Waals surface area contributed by atoms with Crippen LogP contribution < -0.4 is 5.48 Å². The van der Waals surface area contributed by atoms with Gasteiger partial charge in [0.25, 0.3) is 0 Å². The van der Waals surface area contributed by atoms with E-state index in [1.54, 1.807) is 0 Å². The molecule has 2 aromatic carbocycles. The Balaban J connectivity index is 1.48.